The van der Waals surface area contributed by atoms with Crippen LogP contribution in [0.5, 0.6) is 0 Å². The van der Waals surface area contributed by atoms with Crippen molar-refractivity contribution in [2.45, 2.75) is 19.1 Å². The Morgan fingerprint density at radius 1 is 1.23 bits per heavy atom. The van der Waals surface area contributed by atoms with E-state index in [2.05, 4.69) is 5.32 Å². The molecule has 0 bridgehead atoms. The summed E-state index contributed by atoms with van der Waals surface area (Å²) < 4.78 is 40.1. The van der Waals surface area contributed by atoms with Crippen LogP contribution in [0.2, 0.25) is 0 Å². The molecule has 0 aliphatic heterocycles. The van der Waals surface area contributed by atoms with Crippen LogP contribution in [0.15, 0.2) is 42.6 Å². The molecule has 116 valence electrons. The highest BCUT2D eigenvalue weighted by atomic mass is 19.4. The number of aldehydes is 1. The number of carbonyl (C=O) groups is 2. The van der Waals surface area contributed by atoms with Gasteiger partial charge < -0.3 is 9.88 Å². The fourth-order valence-corrected chi connectivity index (χ4v) is 2.06. The Kier molecular flexibility index (Phi) is 4.35. The molecule has 1 heterocycles. The Morgan fingerprint density at radius 2 is 1.91 bits per heavy atom. The molecule has 0 saturated heterocycles. The number of hydrogen-bond donors (Lipinski definition) is 1. The van der Waals surface area contributed by atoms with Gasteiger partial charge in [-0.25, -0.2) is 0 Å². The molecule has 0 radical (unpaired) electrons. The summed E-state index contributed by atoms with van der Waals surface area (Å²) in [5, 5.41) is 2.26. The summed E-state index contributed by atoms with van der Waals surface area (Å²) in [4.78, 5) is 23.0. The molecule has 0 aliphatic rings. The number of nitrogens with one attached hydrogen (secondary N) is 1. The van der Waals surface area contributed by atoms with Crippen molar-refractivity contribution >= 4 is 17.9 Å². The lowest BCUT2D eigenvalue weighted by atomic mass is 10.1. The first-order valence-corrected chi connectivity index (χ1v) is 6.43. The average molecular weight is 310 g/mol. The number of amides is 1. The monoisotopic (exact) mass is 310 g/mol. The minimum Gasteiger partial charge on any atom is -0.333 e. The van der Waals surface area contributed by atoms with Gasteiger partial charge in [0.25, 0.3) is 0 Å². The van der Waals surface area contributed by atoms with Crippen molar-refractivity contribution in [2.75, 3.05) is 5.32 Å². The number of aromatic nitrogens is 1. The van der Waals surface area contributed by atoms with Gasteiger partial charge in [0.05, 0.1) is 16.9 Å². The van der Waals surface area contributed by atoms with E-state index in [1.165, 1.54) is 42.0 Å². The lowest BCUT2D eigenvalue weighted by Crippen LogP contribution is -2.25. The summed E-state index contributed by atoms with van der Waals surface area (Å²) in [7, 11) is 0. The van der Waals surface area contributed by atoms with Crippen LogP contribution in [0.4, 0.5) is 18.9 Å². The molecule has 1 N–H and O–H groups in total. The maximum atomic E-state index is 12.9. The zero-order valence-electron chi connectivity index (χ0n) is 11.6. The molecule has 1 amide bonds. The van der Waals surface area contributed by atoms with E-state index in [0.29, 0.717) is 6.29 Å². The van der Waals surface area contributed by atoms with Gasteiger partial charge in [-0.2, -0.15) is 13.2 Å². The van der Waals surface area contributed by atoms with Crippen molar-refractivity contribution in [1.82, 2.24) is 4.57 Å². The molecule has 2 rings (SSSR count). The van der Waals surface area contributed by atoms with Crippen LogP contribution in [0.1, 0.15) is 29.0 Å². The number of alkyl halides is 3. The van der Waals surface area contributed by atoms with Crippen LogP contribution in [0, 0.1) is 0 Å². The van der Waals surface area contributed by atoms with Crippen molar-refractivity contribution in [1.29, 1.82) is 0 Å². The van der Waals surface area contributed by atoms with E-state index >= 15 is 0 Å². The lowest BCUT2D eigenvalue weighted by molar-refractivity contribution is -0.137. The van der Waals surface area contributed by atoms with Gasteiger partial charge in [-0.1, -0.05) is 12.1 Å². The maximum Gasteiger partial charge on any atom is 0.418 e. The van der Waals surface area contributed by atoms with E-state index in [9.17, 15) is 22.8 Å². The Labute approximate surface area is 124 Å². The third-order valence-electron chi connectivity index (χ3n) is 3.22. The van der Waals surface area contributed by atoms with E-state index in [-0.39, 0.29) is 11.4 Å². The normalized spacial score (nSPS) is 12.7. The third kappa shape index (κ3) is 3.19. The minimum absolute atomic E-state index is 0.270. The largest absolute Gasteiger partial charge is 0.418 e. The standard InChI is InChI=1S/C15H13F3N2O2/c1-10(20-8-4-5-11(20)9-21)14(22)19-13-7-3-2-6-12(13)15(16,17)18/h2-10H,1H3,(H,19,22). The fourth-order valence-electron chi connectivity index (χ4n) is 2.06. The smallest absolute Gasteiger partial charge is 0.333 e. The van der Waals surface area contributed by atoms with Gasteiger partial charge in [0.1, 0.15) is 6.04 Å². The van der Waals surface area contributed by atoms with Gasteiger partial charge in [-0.3, -0.25) is 9.59 Å². The zero-order chi connectivity index (χ0) is 16.3. The second-order valence-electron chi connectivity index (χ2n) is 4.67. The van der Waals surface area contributed by atoms with Crippen molar-refractivity contribution in [2.24, 2.45) is 0 Å². The second kappa shape index (κ2) is 6.05. The van der Waals surface area contributed by atoms with Crippen LogP contribution in [-0.4, -0.2) is 16.8 Å². The maximum absolute atomic E-state index is 12.9. The first-order chi connectivity index (χ1) is 10.3. The molecule has 1 atom stereocenters. The number of para-hydroxylation sites is 1. The number of benzene rings is 1. The SMILES string of the molecule is CC(C(=O)Nc1ccccc1C(F)(F)F)n1cccc1C=O. The number of carbonyl (C=O) groups excluding carboxylic acids is 2. The Bertz CT molecular complexity index is 692. The molecule has 0 saturated carbocycles. The van der Waals surface area contributed by atoms with Crippen LogP contribution < -0.4 is 5.32 Å². The first-order valence-electron chi connectivity index (χ1n) is 6.43. The van der Waals surface area contributed by atoms with Crippen LogP contribution >= 0.6 is 0 Å². The molecule has 7 heteroatoms. The molecule has 1 aromatic carbocycles. The number of hydrogen-bond acceptors (Lipinski definition) is 2. The van der Waals surface area contributed by atoms with Gasteiger partial charge >= 0.3 is 6.18 Å². The van der Waals surface area contributed by atoms with Crippen LogP contribution in [0.25, 0.3) is 0 Å². The predicted molar refractivity (Wildman–Crippen MR) is 74.6 cm³/mol. The third-order valence-corrected chi connectivity index (χ3v) is 3.22. The first kappa shape index (κ1) is 15.8. The topological polar surface area (TPSA) is 51.1 Å². The summed E-state index contributed by atoms with van der Waals surface area (Å²) in [5.74, 6) is -0.643. The summed E-state index contributed by atoms with van der Waals surface area (Å²) in [6, 6.07) is 7.01. The van der Waals surface area contributed by atoms with E-state index < -0.39 is 23.7 Å². The second-order valence-corrected chi connectivity index (χ2v) is 4.67. The highest BCUT2D eigenvalue weighted by Gasteiger charge is 2.34. The van der Waals surface area contributed by atoms with E-state index in [0.717, 1.165) is 6.07 Å². The molecule has 1 aromatic heterocycles. The molecular formula is C15H13F3N2O2. The minimum atomic E-state index is -4.56. The Hall–Kier alpha value is -2.57. The highest BCUT2D eigenvalue weighted by molar-refractivity contribution is 5.94. The van der Waals surface area contributed by atoms with Crippen molar-refractivity contribution in [3.8, 4) is 0 Å². The van der Waals surface area contributed by atoms with Crippen LogP contribution in [-0.2, 0) is 11.0 Å². The van der Waals surface area contributed by atoms with Gasteiger partial charge in [0.15, 0.2) is 6.29 Å². The summed E-state index contributed by atoms with van der Waals surface area (Å²) in [6.45, 7) is 1.50. The molecule has 4 nitrogen and oxygen atoms in total. The summed E-state index contributed by atoms with van der Waals surface area (Å²) >= 11 is 0. The van der Waals surface area contributed by atoms with Gasteiger partial charge in [0, 0.05) is 6.20 Å². The molecular weight excluding hydrogens is 297 g/mol. The van der Waals surface area contributed by atoms with Gasteiger partial charge in [-0.05, 0) is 31.2 Å². The van der Waals surface area contributed by atoms with Gasteiger partial charge in [-0.15, -0.1) is 0 Å². The van der Waals surface area contributed by atoms with Crippen molar-refractivity contribution < 1.29 is 22.8 Å². The van der Waals surface area contributed by atoms with Gasteiger partial charge in [0.2, 0.25) is 5.91 Å². The van der Waals surface area contributed by atoms with E-state index in [1.807, 2.05) is 0 Å². The molecule has 2 aromatic rings. The highest BCUT2D eigenvalue weighted by Crippen LogP contribution is 2.34. The average Bonchev–Trinajstić information content (AvgIpc) is 2.94. The summed E-state index contributed by atoms with van der Waals surface area (Å²) in [5.41, 5.74) is -0.961. The number of halogens is 3. The molecule has 22 heavy (non-hydrogen) atoms. The van der Waals surface area contributed by atoms with Crippen LogP contribution in [0.3, 0.4) is 0 Å². The van der Waals surface area contributed by atoms with E-state index in [1.54, 1.807) is 6.07 Å². The van der Waals surface area contributed by atoms with Crippen molar-refractivity contribution in [3.63, 3.8) is 0 Å². The molecule has 1 unspecified atom stereocenters. The zero-order valence-corrected chi connectivity index (χ0v) is 11.6. The van der Waals surface area contributed by atoms with E-state index in [4.69, 9.17) is 0 Å². The Morgan fingerprint density at radius 3 is 2.55 bits per heavy atom. The quantitative estimate of drug-likeness (QED) is 0.879. The number of rotatable bonds is 4. The Balaban J connectivity index is 2.25. The lowest BCUT2D eigenvalue weighted by Gasteiger charge is -2.18. The predicted octanol–water partition coefficient (Wildman–Crippen LogP) is 3.52. The molecule has 0 aliphatic carbocycles. The molecule has 0 fully saturated rings. The van der Waals surface area contributed by atoms with Crippen molar-refractivity contribution in [3.05, 3.63) is 53.9 Å². The number of anilines is 1. The summed E-state index contributed by atoms with van der Waals surface area (Å²) in [6.07, 6.45) is -2.47. The number of nitrogens with zero attached hydrogens (tertiary/aromatic N) is 1. The molecule has 0 spiro atoms. The fraction of sp³-hybridized carbons (Fsp3) is 0.200.